The van der Waals surface area contributed by atoms with Crippen LogP contribution in [0.15, 0.2) is 90.0 Å². The molecule has 2 aromatic heterocycles. The van der Waals surface area contributed by atoms with Gasteiger partial charge in [-0.2, -0.15) is 10.2 Å². The van der Waals surface area contributed by atoms with E-state index in [0.29, 0.717) is 47.9 Å². The highest BCUT2D eigenvalue weighted by atomic mass is 33.1. The number of methoxy groups -OCH3 is 2. The van der Waals surface area contributed by atoms with Crippen molar-refractivity contribution in [1.29, 1.82) is 5.26 Å². The molecule has 1 aliphatic rings. The van der Waals surface area contributed by atoms with Crippen molar-refractivity contribution in [3.05, 3.63) is 112 Å². The quantitative estimate of drug-likeness (QED) is 0.0245. The van der Waals surface area contributed by atoms with E-state index in [2.05, 4.69) is 100 Å². The van der Waals surface area contributed by atoms with Crippen molar-refractivity contribution < 1.29 is 32.7 Å². The SMILES string of the molecule is COc1ccc(C(OC[C@H]2O[C@@H](n3cnc4c(=O)[nH]c(NCC(C)C)nc43)[C@H](OCCSSC(C)(C)C)[C@@H]2OP(OCCC#N)N(C(C)C)C(C)C)(c2ccccc2)c2ccc(OC)cc2)cc1. The Bertz CT molecular complexity index is 2370. The van der Waals surface area contributed by atoms with Crippen LogP contribution in [-0.2, 0) is 28.9 Å². The number of hydrogen-bond donors (Lipinski definition) is 2. The predicted molar refractivity (Wildman–Crippen MR) is 273 cm³/mol. The Balaban J connectivity index is 1.52. The second-order valence-corrected chi connectivity index (χ2v) is 23.0. The summed E-state index contributed by atoms with van der Waals surface area (Å²) in [5.41, 5.74) is 1.48. The number of imidazole rings is 1. The smallest absolute Gasteiger partial charge is 0.280 e. The number of nitriles is 1. The largest absolute Gasteiger partial charge is 0.497 e. The van der Waals surface area contributed by atoms with Crippen LogP contribution in [0.4, 0.5) is 5.95 Å². The van der Waals surface area contributed by atoms with Crippen LogP contribution in [0.1, 0.15) is 91.7 Å². The molecule has 15 nitrogen and oxygen atoms in total. The fourth-order valence-corrected chi connectivity index (χ4v) is 11.9. The van der Waals surface area contributed by atoms with Gasteiger partial charge in [-0.05, 0) is 74.6 Å². The molecule has 0 spiro atoms. The lowest BCUT2D eigenvalue weighted by Gasteiger charge is -2.39. The Hall–Kier alpha value is -4.21. The van der Waals surface area contributed by atoms with Gasteiger partial charge in [0.25, 0.3) is 14.1 Å². The number of ether oxygens (including phenoxy) is 5. The van der Waals surface area contributed by atoms with Crippen LogP contribution >= 0.6 is 30.1 Å². The molecule has 1 saturated heterocycles. The Kier molecular flexibility index (Phi) is 19.2. The number of H-pyrrole nitrogens is 1. The Morgan fingerprint density at radius 3 is 2.07 bits per heavy atom. The van der Waals surface area contributed by atoms with Crippen LogP contribution in [0, 0.1) is 17.2 Å². The van der Waals surface area contributed by atoms with E-state index in [-0.39, 0.29) is 47.5 Å². The second kappa shape index (κ2) is 24.6. The van der Waals surface area contributed by atoms with E-state index in [1.807, 2.05) is 66.7 Å². The molecule has 68 heavy (non-hydrogen) atoms. The molecule has 5 atom stereocenters. The molecule has 18 heteroatoms. The average molecular weight is 990 g/mol. The molecule has 3 heterocycles. The molecule has 3 aromatic carbocycles. The predicted octanol–water partition coefficient (Wildman–Crippen LogP) is 10.3. The molecular weight excluding hydrogens is 922 g/mol. The summed E-state index contributed by atoms with van der Waals surface area (Å²) in [4.78, 5) is 25.9. The van der Waals surface area contributed by atoms with Crippen molar-refractivity contribution in [2.24, 2.45) is 5.92 Å². The molecule has 0 saturated carbocycles. The first-order valence-corrected chi connectivity index (χ1v) is 26.6. The van der Waals surface area contributed by atoms with Crippen LogP contribution in [0.3, 0.4) is 0 Å². The van der Waals surface area contributed by atoms with E-state index < -0.39 is 38.7 Å². The topological polar surface area (TPSA) is 167 Å². The monoisotopic (exact) mass is 989 g/mol. The Morgan fingerprint density at radius 1 is 0.897 bits per heavy atom. The van der Waals surface area contributed by atoms with Gasteiger partial charge in [0.1, 0.15) is 35.4 Å². The van der Waals surface area contributed by atoms with Crippen LogP contribution in [-0.4, -0.2) is 106 Å². The number of anilines is 1. The van der Waals surface area contributed by atoms with Crippen LogP contribution in [0.2, 0.25) is 0 Å². The summed E-state index contributed by atoms with van der Waals surface area (Å²) in [6, 6.07) is 28.1. The lowest BCUT2D eigenvalue weighted by molar-refractivity contribution is -0.0949. The van der Waals surface area contributed by atoms with Crippen molar-refractivity contribution in [1.82, 2.24) is 24.2 Å². The van der Waals surface area contributed by atoms with Gasteiger partial charge in [-0.3, -0.25) is 14.3 Å². The lowest BCUT2D eigenvalue weighted by Crippen LogP contribution is -2.43. The molecule has 6 rings (SSSR count). The summed E-state index contributed by atoms with van der Waals surface area (Å²) in [6.45, 7) is 20.2. The third kappa shape index (κ3) is 13.1. The molecule has 0 aliphatic carbocycles. The molecule has 1 fully saturated rings. The second-order valence-electron chi connectivity index (χ2n) is 18.4. The highest BCUT2D eigenvalue weighted by molar-refractivity contribution is 8.77. The minimum absolute atomic E-state index is 0.00479. The zero-order chi connectivity index (χ0) is 49.0. The molecule has 5 aromatic rings. The molecule has 0 amide bonds. The molecule has 2 N–H and O–H groups in total. The van der Waals surface area contributed by atoms with Crippen LogP contribution < -0.4 is 20.3 Å². The summed E-state index contributed by atoms with van der Waals surface area (Å²) >= 11 is 0. The number of fused-ring (bicyclic) bond motifs is 1. The van der Waals surface area contributed by atoms with Gasteiger partial charge in [0, 0.05) is 29.1 Å². The Morgan fingerprint density at radius 2 is 1.51 bits per heavy atom. The van der Waals surface area contributed by atoms with Crippen molar-refractivity contribution in [2.75, 3.05) is 51.7 Å². The van der Waals surface area contributed by atoms with Crippen molar-refractivity contribution in [2.45, 2.75) is 116 Å². The van der Waals surface area contributed by atoms with Gasteiger partial charge in [0.05, 0.1) is 52.9 Å². The van der Waals surface area contributed by atoms with E-state index in [1.54, 1.807) is 46.7 Å². The van der Waals surface area contributed by atoms with Gasteiger partial charge in [0.15, 0.2) is 17.4 Å². The van der Waals surface area contributed by atoms with Gasteiger partial charge >= 0.3 is 0 Å². The third-order valence-corrected chi connectivity index (χ3v) is 16.4. The molecule has 1 aliphatic heterocycles. The minimum Gasteiger partial charge on any atom is -0.497 e. The fraction of sp³-hybridized carbons (Fsp3) is 0.520. The summed E-state index contributed by atoms with van der Waals surface area (Å²) in [5.74, 6) is 2.70. The highest BCUT2D eigenvalue weighted by Gasteiger charge is 2.52. The number of hydrogen-bond acceptors (Lipinski definition) is 15. The standard InChI is InChI=1S/C50H68N7O8PS2/c1-33(2)30-52-48-54-45-42(46(58)55-48)53-32-56(45)47-44(61-28-29-67-68-49(7,8)9)43(65-66(63-27-15-26-51)57(34(3)4)35(5)6)41(64-47)31-62-50(36-16-13-12-14-17-36,37-18-22-39(59-10)23-19-37)38-20-24-40(60-11)25-21-38/h12-14,16-25,32-35,41,43-44,47H,15,27-31H2,1-11H3,(H2,52,54,55,58)/t41-,43-,44-,47-,66?/m1/s1. The minimum atomic E-state index is -1.81. The number of benzene rings is 3. The fourth-order valence-electron chi connectivity index (χ4n) is 7.98. The van der Waals surface area contributed by atoms with E-state index in [1.165, 1.54) is 0 Å². The first kappa shape index (κ1) is 53.1. The molecule has 368 valence electrons. The summed E-state index contributed by atoms with van der Waals surface area (Å²) in [6.07, 6.45) is -1.52. The molecule has 0 bridgehead atoms. The van der Waals surface area contributed by atoms with Gasteiger partial charge in [0.2, 0.25) is 5.95 Å². The maximum absolute atomic E-state index is 13.6. The average Bonchev–Trinajstić information content (AvgIpc) is 3.89. The summed E-state index contributed by atoms with van der Waals surface area (Å²) < 4.78 is 50.8. The molecule has 0 radical (unpaired) electrons. The zero-order valence-electron chi connectivity index (χ0n) is 41.1. The van der Waals surface area contributed by atoms with Crippen LogP contribution in [0.5, 0.6) is 11.5 Å². The van der Waals surface area contributed by atoms with E-state index >= 15 is 0 Å². The van der Waals surface area contributed by atoms with Crippen LogP contribution in [0.25, 0.3) is 11.2 Å². The van der Waals surface area contributed by atoms with Gasteiger partial charge < -0.3 is 38.0 Å². The normalized spacial score (nSPS) is 18.2. The number of nitrogens with zero attached hydrogens (tertiary/aromatic N) is 5. The highest BCUT2D eigenvalue weighted by Crippen LogP contribution is 2.52. The first-order valence-electron chi connectivity index (χ1n) is 23.1. The maximum atomic E-state index is 13.6. The third-order valence-electron chi connectivity index (χ3n) is 11.0. The van der Waals surface area contributed by atoms with Gasteiger partial charge in [-0.1, -0.05) is 111 Å². The maximum Gasteiger partial charge on any atom is 0.280 e. The molecule has 1 unspecified atom stereocenters. The number of nitrogens with one attached hydrogen (secondary N) is 2. The van der Waals surface area contributed by atoms with Gasteiger partial charge in [-0.25, -0.2) is 9.65 Å². The zero-order valence-corrected chi connectivity index (χ0v) is 43.7. The van der Waals surface area contributed by atoms with Gasteiger partial charge in [-0.15, -0.1) is 0 Å². The van der Waals surface area contributed by atoms with E-state index in [9.17, 15) is 10.1 Å². The lowest BCUT2D eigenvalue weighted by atomic mass is 9.80. The van der Waals surface area contributed by atoms with Crippen molar-refractivity contribution >= 4 is 47.2 Å². The summed E-state index contributed by atoms with van der Waals surface area (Å²) in [7, 11) is 5.00. The number of rotatable bonds is 25. The first-order chi connectivity index (χ1) is 32.6. The Labute approximate surface area is 410 Å². The number of aromatic nitrogens is 4. The molecular formula is C50H68N7O8PS2. The van der Waals surface area contributed by atoms with Crippen molar-refractivity contribution in [3.8, 4) is 17.6 Å². The van der Waals surface area contributed by atoms with Crippen molar-refractivity contribution in [3.63, 3.8) is 0 Å². The number of aromatic amines is 1. The van der Waals surface area contributed by atoms with E-state index in [0.717, 1.165) is 16.7 Å². The summed E-state index contributed by atoms with van der Waals surface area (Å²) in [5, 5.41) is 12.9. The van der Waals surface area contributed by atoms with E-state index in [4.69, 9.17) is 37.7 Å².